The Morgan fingerprint density at radius 1 is 1.10 bits per heavy atom. The Morgan fingerprint density at radius 2 is 1.76 bits per heavy atom. The van der Waals surface area contributed by atoms with Gasteiger partial charge in [0.1, 0.15) is 11.4 Å². The predicted octanol–water partition coefficient (Wildman–Crippen LogP) is 2.27. The number of amides is 1. The average Bonchev–Trinajstić information content (AvgIpc) is 2.47. The van der Waals surface area contributed by atoms with Gasteiger partial charge in [-0.1, -0.05) is 18.2 Å². The number of nitrogens with one attached hydrogen (secondary N) is 1. The number of carbonyl (C=O) groups is 2. The van der Waals surface area contributed by atoms with E-state index in [-0.39, 0.29) is 17.9 Å². The van der Waals surface area contributed by atoms with E-state index in [9.17, 15) is 14.0 Å². The fraction of sp³-hybridized carbons (Fsp3) is 0.0667. The van der Waals surface area contributed by atoms with Gasteiger partial charge in [-0.25, -0.2) is 9.18 Å². The van der Waals surface area contributed by atoms with Gasteiger partial charge in [0.05, 0.1) is 12.3 Å². The molecule has 2 aromatic rings. The third-order valence-electron chi connectivity index (χ3n) is 2.87. The molecule has 0 saturated heterocycles. The zero-order valence-corrected chi connectivity index (χ0v) is 10.8. The van der Waals surface area contributed by atoms with Crippen molar-refractivity contribution in [2.75, 3.05) is 5.32 Å². The Morgan fingerprint density at radius 3 is 2.33 bits per heavy atom. The molecule has 2 rings (SSSR count). The highest BCUT2D eigenvalue weighted by Gasteiger charge is 2.17. The van der Waals surface area contributed by atoms with E-state index in [2.05, 4.69) is 5.32 Å². The van der Waals surface area contributed by atoms with Crippen LogP contribution in [-0.4, -0.2) is 22.1 Å². The summed E-state index contributed by atoms with van der Waals surface area (Å²) < 4.78 is 13.5. The van der Waals surface area contributed by atoms with Crippen LogP contribution in [0.1, 0.15) is 26.3 Å². The lowest BCUT2D eigenvalue weighted by Crippen LogP contribution is -2.15. The number of aliphatic hydroxyl groups excluding tert-OH is 1. The quantitative estimate of drug-likeness (QED) is 0.805. The number of carboxylic acids is 1. The van der Waals surface area contributed by atoms with E-state index in [0.717, 1.165) is 6.07 Å². The van der Waals surface area contributed by atoms with E-state index in [4.69, 9.17) is 10.2 Å². The summed E-state index contributed by atoms with van der Waals surface area (Å²) in [5.41, 5.74) is 0.216. The summed E-state index contributed by atoms with van der Waals surface area (Å²) >= 11 is 0. The van der Waals surface area contributed by atoms with Gasteiger partial charge < -0.3 is 15.5 Å². The van der Waals surface area contributed by atoms with E-state index >= 15 is 0 Å². The molecule has 5 nitrogen and oxygen atoms in total. The summed E-state index contributed by atoms with van der Waals surface area (Å²) in [5, 5.41) is 20.3. The standard InChI is InChI=1S/C15H12FNO4/c16-11-2-1-3-12(13(11)15(20)21)17-14(19)10-6-4-9(8-18)5-7-10/h1-7,18H,8H2,(H,17,19)(H,20,21). The summed E-state index contributed by atoms with van der Waals surface area (Å²) in [6, 6.07) is 9.74. The molecule has 0 radical (unpaired) electrons. The van der Waals surface area contributed by atoms with Crippen molar-refractivity contribution in [1.29, 1.82) is 0 Å². The summed E-state index contributed by atoms with van der Waals surface area (Å²) in [6.45, 7) is -0.144. The molecule has 0 aromatic heterocycles. The van der Waals surface area contributed by atoms with Gasteiger partial charge in [-0.15, -0.1) is 0 Å². The highest BCUT2D eigenvalue weighted by atomic mass is 19.1. The Kier molecular flexibility index (Phi) is 4.30. The van der Waals surface area contributed by atoms with Gasteiger partial charge in [0, 0.05) is 5.56 Å². The first-order chi connectivity index (χ1) is 10.0. The van der Waals surface area contributed by atoms with E-state index in [0.29, 0.717) is 5.56 Å². The smallest absolute Gasteiger partial charge is 0.340 e. The minimum absolute atomic E-state index is 0.112. The van der Waals surface area contributed by atoms with Gasteiger partial charge in [0.2, 0.25) is 0 Å². The lowest BCUT2D eigenvalue weighted by molar-refractivity contribution is 0.0693. The van der Waals surface area contributed by atoms with Gasteiger partial charge in [-0.05, 0) is 29.8 Å². The summed E-state index contributed by atoms with van der Waals surface area (Å²) in [6.07, 6.45) is 0. The van der Waals surface area contributed by atoms with Crippen LogP contribution >= 0.6 is 0 Å². The van der Waals surface area contributed by atoms with Crippen molar-refractivity contribution in [1.82, 2.24) is 0 Å². The zero-order chi connectivity index (χ0) is 15.4. The van der Waals surface area contributed by atoms with E-state index in [1.54, 1.807) is 12.1 Å². The second kappa shape index (κ2) is 6.15. The lowest BCUT2D eigenvalue weighted by atomic mass is 10.1. The fourth-order valence-electron chi connectivity index (χ4n) is 1.80. The van der Waals surface area contributed by atoms with Crippen LogP contribution in [-0.2, 0) is 6.61 Å². The molecule has 0 atom stereocenters. The zero-order valence-electron chi connectivity index (χ0n) is 10.8. The van der Waals surface area contributed by atoms with Crippen LogP contribution in [0.5, 0.6) is 0 Å². The topological polar surface area (TPSA) is 86.6 Å². The number of carboxylic acid groups (broad SMARTS) is 1. The number of hydrogen-bond donors (Lipinski definition) is 3. The van der Waals surface area contributed by atoms with Gasteiger partial charge in [0.25, 0.3) is 5.91 Å². The first-order valence-corrected chi connectivity index (χ1v) is 6.06. The largest absolute Gasteiger partial charge is 0.478 e. The molecule has 0 aliphatic rings. The van der Waals surface area contributed by atoms with Crippen molar-refractivity contribution in [3.63, 3.8) is 0 Å². The minimum atomic E-state index is -1.46. The van der Waals surface area contributed by atoms with Gasteiger partial charge in [0.15, 0.2) is 0 Å². The number of aliphatic hydroxyl groups is 1. The summed E-state index contributed by atoms with van der Waals surface area (Å²) in [4.78, 5) is 23.0. The molecule has 0 heterocycles. The van der Waals surface area contributed by atoms with Crippen molar-refractivity contribution in [3.8, 4) is 0 Å². The predicted molar refractivity (Wildman–Crippen MR) is 73.7 cm³/mol. The van der Waals surface area contributed by atoms with E-state index in [1.165, 1.54) is 24.3 Å². The highest BCUT2D eigenvalue weighted by Crippen LogP contribution is 2.20. The molecule has 2 aromatic carbocycles. The van der Waals surface area contributed by atoms with Crippen LogP contribution in [0.3, 0.4) is 0 Å². The van der Waals surface area contributed by atoms with Crippen molar-refractivity contribution in [2.24, 2.45) is 0 Å². The van der Waals surface area contributed by atoms with Crippen LogP contribution in [0, 0.1) is 5.82 Å². The molecule has 0 saturated carbocycles. The monoisotopic (exact) mass is 289 g/mol. The van der Waals surface area contributed by atoms with Crippen LogP contribution in [0.15, 0.2) is 42.5 Å². The molecule has 0 aliphatic heterocycles. The molecule has 0 spiro atoms. The number of anilines is 1. The maximum absolute atomic E-state index is 13.5. The lowest BCUT2D eigenvalue weighted by Gasteiger charge is -2.09. The molecule has 0 fully saturated rings. The molecular formula is C15H12FNO4. The Labute approximate surface area is 119 Å². The van der Waals surface area contributed by atoms with Crippen LogP contribution < -0.4 is 5.32 Å². The number of rotatable bonds is 4. The minimum Gasteiger partial charge on any atom is -0.478 e. The van der Waals surface area contributed by atoms with Crippen LogP contribution in [0.4, 0.5) is 10.1 Å². The van der Waals surface area contributed by atoms with Crippen molar-refractivity contribution < 1.29 is 24.2 Å². The second-order valence-corrected chi connectivity index (χ2v) is 4.28. The summed E-state index contributed by atoms with van der Waals surface area (Å²) in [7, 11) is 0. The third kappa shape index (κ3) is 3.24. The molecule has 0 bridgehead atoms. The average molecular weight is 289 g/mol. The molecule has 1 amide bonds. The maximum Gasteiger partial charge on any atom is 0.340 e. The van der Waals surface area contributed by atoms with E-state index < -0.39 is 23.3 Å². The molecule has 0 aliphatic carbocycles. The Bertz CT molecular complexity index is 683. The number of benzene rings is 2. The van der Waals surface area contributed by atoms with Crippen molar-refractivity contribution >= 4 is 17.6 Å². The number of halogens is 1. The normalized spacial score (nSPS) is 10.2. The molecule has 6 heteroatoms. The number of carbonyl (C=O) groups excluding carboxylic acids is 1. The number of hydrogen-bond acceptors (Lipinski definition) is 3. The fourth-order valence-corrected chi connectivity index (χ4v) is 1.80. The van der Waals surface area contributed by atoms with Crippen LogP contribution in [0.2, 0.25) is 0 Å². The Balaban J connectivity index is 2.27. The molecule has 3 N–H and O–H groups in total. The van der Waals surface area contributed by atoms with E-state index in [1.807, 2.05) is 0 Å². The van der Waals surface area contributed by atoms with Gasteiger partial charge >= 0.3 is 5.97 Å². The molecule has 21 heavy (non-hydrogen) atoms. The second-order valence-electron chi connectivity index (χ2n) is 4.28. The first kappa shape index (κ1) is 14.7. The summed E-state index contributed by atoms with van der Waals surface area (Å²) in [5.74, 6) is -2.94. The molecular weight excluding hydrogens is 277 g/mol. The van der Waals surface area contributed by atoms with Crippen molar-refractivity contribution in [3.05, 3.63) is 65.0 Å². The van der Waals surface area contributed by atoms with Crippen LogP contribution in [0.25, 0.3) is 0 Å². The SMILES string of the molecule is O=C(Nc1cccc(F)c1C(=O)O)c1ccc(CO)cc1. The Hall–Kier alpha value is -2.73. The van der Waals surface area contributed by atoms with Crippen molar-refractivity contribution in [2.45, 2.75) is 6.61 Å². The van der Waals surface area contributed by atoms with Gasteiger partial charge in [-0.2, -0.15) is 0 Å². The first-order valence-electron chi connectivity index (χ1n) is 6.06. The molecule has 0 unspecified atom stereocenters. The molecule has 108 valence electrons. The van der Waals surface area contributed by atoms with Gasteiger partial charge in [-0.3, -0.25) is 4.79 Å². The maximum atomic E-state index is 13.5. The third-order valence-corrected chi connectivity index (χ3v) is 2.87. The number of aromatic carboxylic acids is 1. The highest BCUT2D eigenvalue weighted by molar-refractivity contribution is 6.07.